The fourth-order valence-corrected chi connectivity index (χ4v) is 2.77. The van der Waals surface area contributed by atoms with E-state index in [-0.39, 0.29) is 18.4 Å². The minimum absolute atomic E-state index is 0.00234. The second kappa shape index (κ2) is 6.06. The molecular weight excluding hydrogens is 322 g/mol. The second-order valence-electron chi connectivity index (χ2n) is 4.63. The Morgan fingerprint density at radius 2 is 2.25 bits per heavy atom. The number of amides is 2. The summed E-state index contributed by atoms with van der Waals surface area (Å²) in [5, 5.41) is 8.62. The summed E-state index contributed by atoms with van der Waals surface area (Å²) in [7, 11) is 1.54. The number of hydrogen-bond acceptors (Lipinski definition) is 3. The standard InChI is InChI=1S/C14H14BrN3O2/c1-17(9-7-16)13(19)10-6-8-18(14(10)20)12-5-3-2-4-11(12)15/h2-5,10H,6,8-9H2,1H3/t10-/m0/s1. The number of halogens is 1. The summed E-state index contributed by atoms with van der Waals surface area (Å²) in [6.07, 6.45) is 0.481. The largest absolute Gasteiger partial charge is 0.332 e. The van der Waals surface area contributed by atoms with Crippen LogP contribution in [0.4, 0.5) is 5.69 Å². The van der Waals surface area contributed by atoms with E-state index in [9.17, 15) is 9.59 Å². The third-order valence-corrected chi connectivity index (χ3v) is 4.00. The number of carbonyl (C=O) groups is 2. The first-order chi connectivity index (χ1) is 9.56. The van der Waals surface area contributed by atoms with Gasteiger partial charge in [-0.15, -0.1) is 0 Å². The molecule has 0 radical (unpaired) electrons. The molecule has 0 unspecified atom stereocenters. The molecule has 6 heteroatoms. The van der Waals surface area contributed by atoms with Gasteiger partial charge in [0.15, 0.2) is 0 Å². The van der Waals surface area contributed by atoms with Crippen LogP contribution >= 0.6 is 15.9 Å². The third kappa shape index (κ3) is 2.68. The summed E-state index contributed by atoms with van der Waals surface area (Å²) >= 11 is 3.41. The molecular formula is C14H14BrN3O2. The van der Waals surface area contributed by atoms with E-state index in [2.05, 4.69) is 15.9 Å². The molecule has 5 nitrogen and oxygen atoms in total. The lowest BCUT2D eigenvalue weighted by atomic mass is 10.1. The molecule has 2 amide bonds. The molecule has 0 saturated carbocycles. The molecule has 0 N–H and O–H groups in total. The van der Waals surface area contributed by atoms with Crippen LogP contribution in [0.5, 0.6) is 0 Å². The summed E-state index contributed by atoms with van der Waals surface area (Å²) in [5.74, 6) is -1.17. The van der Waals surface area contributed by atoms with Crippen LogP contribution in [0.3, 0.4) is 0 Å². The maximum atomic E-state index is 12.4. The van der Waals surface area contributed by atoms with Crippen molar-refractivity contribution < 1.29 is 9.59 Å². The van der Waals surface area contributed by atoms with Crippen LogP contribution in [0.2, 0.25) is 0 Å². The molecule has 1 heterocycles. The van der Waals surface area contributed by atoms with Crippen molar-refractivity contribution in [1.29, 1.82) is 5.26 Å². The molecule has 1 aromatic carbocycles. The maximum Gasteiger partial charge on any atom is 0.239 e. The van der Waals surface area contributed by atoms with Gasteiger partial charge < -0.3 is 9.80 Å². The van der Waals surface area contributed by atoms with Crippen molar-refractivity contribution in [2.75, 3.05) is 25.0 Å². The summed E-state index contributed by atoms with van der Waals surface area (Å²) in [6.45, 7) is 0.510. The molecule has 1 aliphatic rings. The highest BCUT2D eigenvalue weighted by molar-refractivity contribution is 9.10. The van der Waals surface area contributed by atoms with Crippen molar-refractivity contribution in [1.82, 2.24) is 4.90 Å². The highest BCUT2D eigenvalue weighted by Crippen LogP contribution is 2.31. The first-order valence-electron chi connectivity index (χ1n) is 6.24. The lowest BCUT2D eigenvalue weighted by molar-refractivity contribution is -0.138. The molecule has 1 saturated heterocycles. The monoisotopic (exact) mass is 335 g/mol. The molecule has 0 bridgehead atoms. The Morgan fingerprint density at radius 3 is 2.90 bits per heavy atom. The van der Waals surface area contributed by atoms with Crippen molar-refractivity contribution in [3.63, 3.8) is 0 Å². The highest BCUT2D eigenvalue weighted by Gasteiger charge is 2.39. The van der Waals surface area contributed by atoms with Gasteiger partial charge in [-0.2, -0.15) is 5.26 Å². The molecule has 2 rings (SSSR count). The molecule has 20 heavy (non-hydrogen) atoms. The van der Waals surface area contributed by atoms with Crippen molar-refractivity contribution in [2.45, 2.75) is 6.42 Å². The number of benzene rings is 1. The van der Waals surface area contributed by atoms with Crippen LogP contribution in [0.1, 0.15) is 6.42 Å². The van der Waals surface area contributed by atoms with E-state index >= 15 is 0 Å². The van der Waals surface area contributed by atoms with Crippen molar-refractivity contribution >= 4 is 33.4 Å². The Labute approximate surface area is 125 Å². The molecule has 104 valence electrons. The zero-order valence-electron chi connectivity index (χ0n) is 11.0. The highest BCUT2D eigenvalue weighted by atomic mass is 79.9. The Kier molecular flexibility index (Phi) is 4.40. The van der Waals surface area contributed by atoms with Gasteiger partial charge in [-0.25, -0.2) is 0 Å². The number of nitrogens with zero attached hydrogens (tertiary/aromatic N) is 3. The number of anilines is 1. The topological polar surface area (TPSA) is 64.4 Å². The Hall–Kier alpha value is -1.87. The number of para-hydroxylation sites is 1. The van der Waals surface area contributed by atoms with E-state index in [1.165, 1.54) is 4.90 Å². The van der Waals surface area contributed by atoms with E-state index in [1.54, 1.807) is 11.9 Å². The lowest BCUT2D eigenvalue weighted by Crippen LogP contribution is -2.38. The van der Waals surface area contributed by atoms with E-state index in [0.717, 1.165) is 10.2 Å². The van der Waals surface area contributed by atoms with E-state index in [4.69, 9.17) is 5.26 Å². The number of hydrogen-bond donors (Lipinski definition) is 0. The van der Waals surface area contributed by atoms with Crippen molar-refractivity contribution in [3.8, 4) is 6.07 Å². The van der Waals surface area contributed by atoms with E-state index in [1.807, 2.05) is 30.3 Å². The molecule has 1 atom stereocenters. The van der Waals surface area contributed by atoms with E-state index in [0.29, 0.717) is 13.0 Å². The zero-order chi connectivity index (χ0) is 14.7. The van der Waals surface area contributed by atoms with Gasteiger partial charge in [0.1, 0.15) is 12.5 Å². The summed E-state index contributed by atoms with van der Waals surface area (Å²) in [5.41, 5.74) is 0.774. The fraction of sp³-hybridized carbons (Fsp3) is 0.357. The van der Waals surface area contributed by atoms with Gasteiger partial charge in [0, 0.05) is 18.1 Å². The molecule has 0 aliphatic carbocycles. The van der Waals surface area contributed by atoms with Gasteiger partial charge in [0.25, 0.3) is 0 Å². The molecule has 0 spiro atoms. The fourth-order valence-electron chi connectivity index (χ4n) is 2.27. The van der Waals surface area contributed by atoms with Crippen LogP contribution in [-0.2, 0) is 9.59 Å². The molecule has 1 aliphatic heterocycles. The first kappa shape index (κ1) is 14.5. The quantitative estimate of drug-likeness (QED) is 0.624. The summed E-state index contributed by atoms with van der Waals surface area (Å²) in [6, 6.07) is 9.34. The SMILES string of the molecule is CN(CC#N)C(=O)[C@@H]1CCN(c2ccccc2Br)C1=O. The van der Waals surface area contributed by atoms with Gasteiger partial charge in [0.2, 0.25) is 11.8 Å². The Bertz CT molecular complexity index is 582. The maximum absolute atomic E-state index is 12.4. The summed E-state index contributed by atoms with van der Waals surface area (Å²) < 4.78 is 0.826. The Morgan fingerprint density at radius 1 is 1.55 bits per heavy atom. The van der Waals surface area contributed by atoms with Crippen LogP contribution in [0.25, 0.3) is 0 Å². The predicted molar refractivity (Wildman–Crippen MR) is 77.9 cm³/mol. The average molecular weight is 336 g/mol. The van der Waals surface area contributed by atoms with Gasteiger partial charge in [-0.1, -0.05) is 12.1 Å². The van der Waals surface area contributed by atoms with Gasteiger partial charge in [0.05, 0.1) is 11.8 Å². The Balaban J connectivity index is 2.16. The first-order valence-corrected chi connectivity index (χ1v) is 7.03. The smallest absolute Gasteiger partial charge is 0.239 e. The molecule has 1 fully saturated rings. The third-order valence-electron chi connectivity index (χ3n) is 3.33. The van der Waals surface area contributed by atoms with Crippen LogP contribution < -0.4 is 4.90 Å². The average Bonchev–Trinajstić information content (AvgIpc) is 2.80. The number of carbonyl (C=O) groups excluding carboxylic acids is 2. The van der Waals surface area contributed by atoms with E-state index < -0.39 is 5.92 Å². The van der Waals surface area contributed by atoms with Crippen LogP contribution in [0, 0.1) is 17.2 Å². The van der Waals surface area contributed by atoms with Gasteiger partial charge >= 0.3 is 0 Å². The predicted octanol–water partition coefficient (Wildman–Crippen LogP) is 1.78. The van der Waals surface area contributed by atoms with Gasteiger partial charge in [-0.3, -0.25) is 9.59 Å². The van der Waals surface area contributed by atoms with Crippen molar-refractivity contribution in [3.05, 3.63) is 28.7 Å². The summed E-state index contributed by atoms with van der Waals surface area (Å²) in [4.78, 5) is 27.4. The van der Waals surface area contributed by atoms with Crippen LogP contribution in [0.15, 0.2) is 28.7 Å². The minimum Gasteiger partial charge on any atom is -0.332 e. The number of rotatable bonds is 3. The normalized spacial score (nSPS) is 17.9. The second-order valence-corrected chi connectivity index (χ2v) is 5.49. The van der Waals surface area contributed by atoms with Gasteiger partial charge in [-0.05, 0) is 34.5 Å². The molecule has 1 aromatic rings. The number of nitriles is 1. The van der Waals surface area contributed by atoms with Crippen molar-refractivity contribution in [2.24, 2.45) is 5.92 Å². The lowest BCUT2D eigenvalue weighted by Gasteiger charge is -2.20. The minimum atomic E-state index is -0.680. The molecule has 0 aromatic heterocycles. The zero-order valence-corrected chi connectivity index (χ0v) is 12.6. The van der Waals surface area contributed by atoms with Crippen LogP contribution in [-0.4, -0.2) is 36.9 Å².